The highest BCUT2D eigenvalue weighted by atomic mass is 16.5. The molecular weight excluding hydrogens is 382 g/mol. The average Bonchev–Trinajstić information content (AvgIpc) is 3.24. The molecule has 0 radical (unpaired) electrons. The number of amides is 1. The Morgan fingerprint density at radius 3 is 2.73 bits per heavy atom. The van der Waals surface area contributed by atoms with Crippen LogP contribution in [0.1, 0.15) is 45.2 Å². The molecule has 7 nitrogen and oxygen atoms in total. The van der Waals surface area contributed by atoms with Crippen LogP contribution in [0.3, 0.4) is 0 Å². The zero-order valence-electron chi connectivity index (χ0n) is 17.3. The molecular formula is C23H25N3O4. The van der Waals surface area contributed by atoms with E-state index in [1.165, 1.54) is 0 Å². The lowest BCUT2D eigenvalue weighted by atomic mass is 9.94. The minimum Gasteiger partial charge on any atom is -0.508 e. The summed E-state index contributed by atoms with van der Waals surface area (Å²) in [6.07, 6.45) is 0.680. The minimum atomic E-state index is -0.426. The summed E-state index contributed by atoms with van der Waals surface area (Å²) in [5.74, 6) is 0.122. The summed E-state index contributed by atoms with van der Waals surface area (Å²) in [6.45, 7) is 4.83. The fraction of sp³-hybridized carbons (Fsp3) is 0.304. The molecule has 0 saturated carbocycles. The largest absolute Gasteiger partial charge is 0.508 e. The topological polar surface area (TPSA) is 98.7 Å². The first-order valence-electron chi connectivity index (χ1n) is 9.90. The lowest BCUT2D eigenvalue weighted by molar-refractivity contribution is 0.0723. The molecule has 0 spiro atoms. The molecule has 2 heterocycles. The highest BCUT2D eigenvalue weighted by molar-refractivity contribution is 6.00. The Kier molecular flexibility index (Phi) is 5.22. The van der Waals surface area contributed by atoms with Gasteiger partial charge >= 0.3 is 0 Å². The minimum absolute atomic E-state index is 0.129. The monoisotopic (exact) mass is 407 g/mol. The smallest absolute Gasteiger partial charge is 0.273 e. The van der Waals surface area contributed by atoms with Crippen molar-refractivity contribution >= 4 is 5.91 Å². The third-order valence-corrected chi connectivity index (χ3v) is 5.50. The SMILES string of the molecule is COCCCN1C(=O)c2[nH]nc(-c3cc(C)cc(C)c3O)c2[C@@H]1c1cccc(O)c1. The van der Waals surface area contributed by atoms with Gasteiger partial charge < -0.3 is 19.8 Å². The van der Waals surface area contributed by atoms with E-state index in [0.29, 0.717) is 42.1 Å². The van der Waals surface area contributed by atoms with Crippen LogP contribution in [0.2, 0.25) is 0 Å². The van der Waals surface area contributed by atoms with Crippen LogP contribution in [-0.2, 0) is 4.74 Å². The molecule has 156 valence electrons. The van der Waals surface area contributed by atoms with Crippen LogP contribution in [-0.4, -0.2) is 51.5 Å². The average molecular weight is 407 g/mol. The van der Waals surface area contributed by atoms with Gasteiger partial charge in [0, 0.05) is 31.4 Å². The lowest BCUT2D eigenvalue weighted by Gasteiger charge is -2.26. The standard InChI is InChI=1S/C23H25N3O4/c1-13-10-14(2)22(28)17(11-13)19-18-20(25-24-19)23(29)26(8-5-9-30-3)21(18)15-6-4-7-16(27)12-15/h4,6-7,10-12,21,27-28H,5,8-9H2,1-3H3,(H,24,25)/t21-/m0/s1. The molecule has 1 amide bonds. The van der Waals surface area contributed by atoms with Crippen LogP contribution in [0.5, 0.6) is 11.5 Å². The maximum atomic E-state index is 13.2. The quantitative estimate of drug-likeness (QED) is 0.542. The van der Waals surface area contributed by atoms with Gasteiger partial charge in [0.25, 0.3) is 5.91 Å². The normalized spacial score (nSPS) is 15.6. The van der Waals surface area contributed by atoms with Crippen LogP contribution in [0.15, 0.2) is 36.4 Å². The number of phenols is 2. The molecule has 1 aliphatic heterocycles. The van der Waals surface area contributed by atoms with E-state index in [1.54, 1.807) is 30.2 Å². The van der Waals surface area contributed by atoms with Crippen molar-refractivity contribution in [1.82, 2.24) is 15.1 Å². The maximum absolute atomic E-state index is 13.2. The highest BCUT2D eigenvalue weighted by Crippen LogP contribution is 2.45. The molecule has 0 fully saturated rings. The van der Waals surface area contributed by atoms with E-state index in [4.69, 9.17) is 4.74 Å². The fourth-order valence-corrected chi connectivity index (χ4v) is 4.19. The summed E-state index contributed by atoms with van der Waals surface area (Å²) >= 11 is 0. The van der Waals surface area contributed by atoms with Gasteiger partial charge in [0.2, 0.25) is 0 Å². The summed E-state index contributed by atoms with van der Waals surface area (Å²) in [5, 5.41) is 28.1. The first kappa shape index (κ1) is 20.0. The summed E-state index contributed by atoms with van der Waals surface area (Å²) in [4.78, 5) is 15.0. The molecule has 7 heteroatoms. The number of H-pyrrole nitrogens is 1. The highest BCUT2D eigenvalue weighted by Gasteiger charge is 2.42. The molecule has 0 bridgehead atoms. The Balaban J connectivity index is 1.88. The molecule has 3 N–H and O–H groups in total. The summed E-state index contributed by atoms with van der Waals surface area (Å²) in [7, 11) is 1.63. The van der Waals surface area contributed by atoms with Gasteiger partial charge in [0.1, 0.15) is 22.9 Å². The second-order valence-electron chi connectivity index (χ2n) is 7.68. The number of carbonyl (C=O) groups excluding carboxylic acids is 1. The van der Waals surface area contributed by atoms with E-state index in [9.17, 15) is 15.0 Å². The summed E-state index contributed by atoms with van der Waals surface area (Å²) in [5.41, 5.74) is 4.78. The Hall–Kier alpha value is -3.32. The Morgan fingerprint density at radius 2 is 2.00 bits per heavy atom. The first-order chi connectivity index (χ1) is 14.4. The number of nitrogens with one attached hydrogen (secondary N) is 1. The number of rotatable bonds is 6. The number of hydrogen-bond donors (Lipinski definition) is 3. The molecule has 1 aliphatic rings. The van der Waals surface area contributed by atoms with E-state index >= 15 is 0 Å². The summed E-state index contributed by atoms with van der Waals surface area (Å²) < 4.78 is 5.16. The molecule has 1 atom stereocenters. The van der Waals surface area contributed by atoms with Gasteiger partial charge in [-0.05, 0) is 55.2 Å². The first-order valence-corrected chi connectivity index (χ1v) is 9.90. The van der Waals surface area contributed by atoms with Crippen molar-refractivity contribution in [2.75, 3.05) is 20.3 Å². The molecule has 0 saturated heterocycles. The van der Waals surface area contributed by atoms with Crippen LogP contribution >= 0.6 is 0 Å². The molecule has 0 unspecified atom stereocenters. The Morgan fingerprint density at radius 1 is 1.20 bits per heavy atom. The number of nitrogens with zero attached hydrogens (tertiary/aromatic N) is 2. The van der Waals surface area contributed by atoms with Crippen molar-refractivity contribution < 1.29 is 19.7 Å². The Bertz CT molecular complexity index is 1110. The van der Waals surface area contributed by atoms with Gasteiger partial charge in [-0.25, -0.2) is 0 Å². The molecule has 0 aliphatic carbocycles. The van der Waals surface area contributed by atoms with Crippen molar-refractivity contribution in [3.63, 3.8) is 0 Å². The van der Waals surface area contributed by atoms with Gasteiger partial charge in [0.05, 0.1) is 6.04 Å². The number of aromatic hydroxyl groups is 2. The van der Waals surface area contributed by atoms with Gasteiger partial charge in [-0.2, -0.15) is 5.10 Å². The third-order valence-electron chi connectivity index (χ3n) is 5.50. The van der Waals surface area contributed by atoms with Gasteiger partial charge in [-0.3, -0.25) is 9.89 Å². The number of hydrogen-bond acceptors (Lipinski definition) is 5. The number of aryl methyl sites for hydroxylation is 2. The number of benzene rings is 2. The van der Waals surface area contributed by atoms with E-state index in [1.807, 2.05) is 32.0 Å². The number of carbonyl (C=O) groups is 1. The number of aromatic amines is 1. The molecule has 1 aromatic heterocycles. The molecule has 3 aromatic rings. The number of fused-ring (bicyclic) bond motifs is 1. The Labute approximate surface area is 174 Å². The predicted octanol–water partition coefficient (Wildman–Crippen LogP) is 3.69. The van der Waals surface area contributed by atoms with Crippen molar-refractivity contribution in [3.8, 4) is 22.8 Å². The van der Waals surface area contributed by atoms with Crippen molar-refractivity contribution in [2.45, 2.75) is 26.3 Å². The van der Waals surface area contributed by atoms with Crippen molar-refractivity contribution in [1.29, 1.82) is 0 Å². The van der Waals surface area contributed by atoms with Gasteiger partial charge in [-0.15, -0.1) is 0 Å². The van der Waals surface area contributed by atoms with Crippen LogP contribution in [0.25, 0.3) is 11.3 Å². The van der Waals surface area contributed by atoms with E-state index in [0.717, 1.165) is 16.7 Å². The lowest BCUT2D eigenvalue weighted by Crippen LogP contribution is -2.31. The number of methoxy groups -OCH3 is 1. The number of phenolic OH excluding ortho intramolecular Hbond substituents is 2. The van der Waals surface area contributed by atoms with E-state index in [2.05, 4.69) is 10.2 Å². The number of ether oxygens (including phenoxy) is 1. The summed E-state index contributed by atoms with van der Waals surface area (Å²) in [6, 6.07) is 10.3. The predicted molar refractivity (Wildman–Crippen MR) is 113 cm³/mol. The van der Waals surface area contributed by atoms with E-state index < -0.39 is 6.04 Å². The molecule has 30 heavy (non-hydrogen) atoms. The van der Waals surface area contributed by atoms with Crippen molar-refractivity contribution in [3.05, 3.63) is 64.3 Å². The second-order valence-corrected chi connectivity index (χ2v) is 7.68. The van der Waals surface area contributed by atoms with Crippen molar-refractivity contribution in [2.24, 2.45) is 0 Å². The molecule has 2 aromatic carbocycles. The zero-order chi connectivity index (χ0) is 21.4. The zero-order valence-corrected chi connectivity index (χ0v) is 17.3. The van der Waals surface area contributed by atoms with E-state index in [-0.39, 0.29) is 17.4 Å². The number of aromatic nitrogens is 2. The van der Waals surface area contributed by atoms with Crippen LogP contribution in [0, 0.1) is 13.8 Å². The second kappa shape index (κ2) is 7.84. The van der Waals surface area contributed by atoms with Gasteiger partial charge in [0.15, 0.2) is 0 Å². The fourth-order valence-electron chi connectivity index (χ4n) is 4.19. The van der Waals surface area contributed by atoms with Crippen LogP contribution < -0.4 is 0 Å². The maximum Gasteiger partial charge on any atom is 0.273 e. The third kappa shape index (κ3) is 3.31. The van der Waals surface area contributed by atoms with Crippen LogP contribution in [0.4, 0.5) is 0 Å². The van der Waals surface area contributed by atoms with Gasteiger partial charge in [-0.1, -0.05) is 18.2 Å². The molecule has 4 rings (SSSR count).